The van der Waals surface area contributed by atoms with E-state index in [-0.39, 0.29) is 35.0 Å². The summed E-state index contributed by atoms with van der Waals surface area (Å²) < 4.78 is 32.8. The Morgan fingerprint density at radius 2 is 2.05 bits per heavy atom. The second-order valence-corrected chi connectivity index (χ2v) is 6.10. The van der Waals surface area contributed by atoms with Crippen LogP contribution in [0.25, 0.3) is 0 Å². The molecule has 0 aliphatic rings. The average Bonchev–Trinajstić information content (AvgIpc) is 2.67. The molecule has 7 nitrogen and oxygen atoms in total. The first-order valence-corrected chi connectivity index (χ1v) is 7.17. The smallest absolute Gasteiger partial charge is 0.371 e. The number of carboxylic acids is 1. The van der Waals surface area contributed by atoms with Crippen molar-refractivity contribution >= 4 is 21.8 Å². The van der Waals surface area contributed by atoms with Crippen molar-refractivity contribution in [1.29, 1.82) is 0 Å². The van der Waals surface area contributed by atoms with Gasteiger partial charge >= 0.3 is 11.9 Å². The highest BCUT2D eigenvalue weighted by atomic mass is 32.2. The van der Waals surface area contributed by atoms with Gasteiger partial charge in [-0.1, -0.05) is 0 Å². The third-order valence-corrected chi connectivity index (χ3v) is 4.03. The molecule has 1 aromatic heterocycles. The highest BCUT2D eigenvalue weighted by Gasteiger charge is 2.20. The number of hydrogen-bond donors (Lipinski definition) is 1. The molecule has 0 saturated carbocycles. The van der Waals surface area contributed by atoms with Crippen molar-refractivity contribution < 1.29 is 32.3 Å². The molecule has 0 saturated heterocycles. The topological polar surface area (TPSA) is 111 Å². The first-order valence-electron chi connectivity index (χ1n) is 5.35. The van der Waals surface area contributed by atoms with Gasteiger partial charge in [0.25, 0.3) is 0 Å². The zero-order chi connectivity index (χ0) is 14.6. The molecule has 1 aromatic rings. The van der Waals surface area contributed by atoms with Crippen LogP contribution >= 0.6 is 0 Å². The number of sulfone groups is 1. The van der Waals surface area contributed by atoms with Crippen LogP contribution in [-0.4, -0.2) is 38.3 Å². The van der Waals surface area contributed by atoms with Crippen LogP contribution in [0, 0.1) is 6.92 Å². The first-order chi connectivity index (χ1) is 8.75. The molecule has 0 radical (unpaired) electrons. The Hall–Kier alpha value is -1.83. The summed E-state index contributed by atoms with van der Waals surface area (Å²) in [4.78, 5) is 21.6. The van der Waals surface area contributed by atoms with Crippen molar-refractivity contribution in [3.8, 4) is 0 Å². The highest BCUT2D eigenvalue weighted by molar-refractivity contribution is 7.90. The summed E-state index contributed by atoms with van der Waals surface area (Å²) >= 11 is 0. The van der Waals surface area contributed by atoms with Gasteiger partial charge in [0.2, 0.25) is 5.76 Å². The van der Waals surface area contributed by atoms with E-state index in [4.69, 9.17) is 9.52 Å². The van der Waals surface area contributed by atoms with Crippen LogP contribution in [-0.2, 0) is 25.1 Å². The minimum Gasteiger partial charge on any atom is -0.475 e. The largest absolute Gasteiger partial charge is 0.475 e. The number of aromatic carboxylic acids is 1. The molecule has 0 aliphatic heterocycles. The van der Waals surface area contributed by atoms with E-state index in [2.05, 4.69) is 4.74 Å². The summed E-state index contributed by atoms with van der Waals surface area (Å²) in [6.45, 7) is 1.48. The molecule has 0 bridgehead atoms. The summed E-state index contributed by atoms with van der Waals surface area (Å²) in [5.74, 6) is -2.67. The zero-order valence-corrected chi connectivity index (χ0v) is 11.3. The Morgan fingerprint density at radius 1 is 1.42 bits per heavy atom. The van der Waals surface area contributed by atoms with Gasteiger partial charge in [-0.05, 0) is 13.0 Å². The molecule has 0 spiro atoms. The highest BCUT2D eigenvalue weighted by Crippen LogP contribution is 2.18. The number of carbonyl (C=O) groups excluding carboxylic acids is 1. The summed E-state index contributed by atoms with van der Waals surface area (Å²) in [6, 6.07) is 1.17. The maximum atomic E-state index is 11.8. The van der Waals surface area contributed by atoms with Crippen molar-refractivity contribution in [2.24, 2.45) is 0 Å². The monoisotopic (exact) mass is 290 g/mol. The minimum absolute atomic E-state index is 0.235. The van der Waals surface area contributed by atoms with Crippen molar-refractivity contribution in [2.45, 2.75) is 19.1 Å². The van der Waals surface area contributed by atoms with Gasteiger partial charge in [0.05, 0.1) is 25.0 Å². The maximum Gasteiger partial charge on any atom is 0.371 e. The molecule has 0 amide bonds. The van der Waals surface area contributed by atoms with E-state index in [1.807, 2.05) is 0 Å². The summed E-state index contributed by atoms with van der Waals surface area (Å²) in [7, 11) is -2.35. The van der Waals surface area contributed by atoms with E-state index >= 15 is 0 Å². The lowest BCUT2D eigenvalue weighted by Gasteiger charge is -2.02. The van der Waals surface area contributed by atoms with E-state index < -0.39 is 21.8 Å². The lowest BCUT2D eigenvalue weighted by molar-refractivity contribution is -0.140. The zero-order valence-electron chi connectivity index (χ0n) is 10.5. The molecule has 1 heterocycles. The molecular weight excluding hydrogens is 276 g/mol. The number of carboxylic acid groups (broad SMARTS) is 1. The Balaban J connectivity index is 2.78. The predicted molar refractivity (Wildman–Crippen MR) is 64.5 cm³/mol. The van der Waals surface area contributed by atoms with E-state index in [0.29, 0.717) is 0 Å². The van der Waals surface area contributed by atoms with Crippen LogP contribution in [0.2, 0.25) is 0 Å². The first kappa shape index (κ1) is 15.2. The lowest BCUT2D eigenvalue weighted by atomic mass is 10.3. The number of carbonyl (C=O) groups is 2. The van der Waals surface area contributed by atoms with Crippen LogP contribution < -0.4 is 0 Å². The lowest BCUT2D eigenvalue weighted by Crippen LogP contribution is -2.14. The van der Waals surface area contributed by atoms with Crippen molar-refractivity contribution in [2.75, 3.05) is 12.9 Å². The van der Waals surface area contributed by atoms with Gasteiger partial charge in [-0.15, -0.1) is 0 Å². The molecular formula is C11H14O7S. The Labute approximate surface area is 110 Å². The molecule has 0 fully saturated rings. The fraction of sp³-hybridized carbons (Fsp3) is 0.455. The molecule has 1 rings (SSSR count). The van der Waals surface area contributed by atoms with Gasteiger partial charge in [-0.3, -0.25) is 4.79 Å². The van der Waals surface area contributed by atoms with Gasteiger partial charge in [-0.2, -0.15) is 0 Å². The molecule has 1 N–H and O–H groups in total. The Kier molecular flexibility index (Phi) is 4.71. The maximum absolute atomic E-state index is 11.8. The number of furan rings is 1. The number of rotatable bonds is 6. The number of aryl methyl sites for hydroxylation is 1. The average molecular weight is 290 g/mol. The second-order valence-electron chi connectivity index (χ2n) is 3.92. The number of esters is 1. The van der Waals surface area contributed by atoms with E-state index in [1.54, 1.807) is 0 Å². The predicted octanol–water partition coefficient (Wildman–Crippen LogP) is 0.764. The fourth-order valence-corrected chi connectivity index (χ4v) is 2.80. The Bertz CT molecular complexity index is 582. The molecule has 19 heavy (non-hydrogen) atoms. The fourth-order valence-electron chi connectivity index (χ4n) is 1.42. The van der Waals surface area contributed by atoms with Crippen LogP contribution in [0.3, 0.4) is 0 Å². The third kappa shape index (κ3) is 4.40. The van der Waals surface area contributed by atoms with Crippen molar-refractivity contribution in [3.05, 3.63) is 23.2 Å². The number of hydrogen-bond acceptors (Lipinski definition) is 6. The van der Waals surface area contributed by atoms with Gasteiger partial charge in [0.15, 0.2) is 9.84 Å². The summed E-state index contributed by atoms with van der Waals surface area (Å²) in [6.07, 6.45) is -0.235. The van der Waals surface area contributed by atoms with Crippen molar-refractivity contribution in [3.63, 3.8) is 0 Å². The molecule has 0 atom stereocenters. The van der Waals surface area contributed by atoms with Gasteiger partial charge in [0.1, 0.15) is 5.76 Å². The van der Waals surface area contributed by atoms with Crippen LogP contribution in [0.15, 0.2) is 10.5 Å². The van der Waals surface area contributed by atoms with Gasteiger partial charge < -0.3 is 14.3 Å². The molecule has 106 valence electrons. The number of methoxy groups -OCH3 is 1. The van der Waals surface area contributed by atoms with E-state index in [9.17, 15) is 18.0 Å². The van der Waals surface area contributed by atoms with Crippen molar-refractivity contribution in [1.82, 2.24) is 0 Å². The van der Waals surface area contributed by atoms with E-state index in [0.717, 1.165) is 0 Å². The molecule has 0 unspecified atom stereocenters. The number of ether oxygens (including phenoxy) is 1. The standard InChI is InChI=1S/C11H14O7S/c1-7-8(5-9(18-7)11(13)14)6-19(15,16)4-3-10(12)17-2/h5H,3-4,6H2,1-2H3,(H,13,14). The molecule has 8 heteroatoms. The van der Waals surface area contributed by atoms with Crippen LogP contribution in [0.4, 0.5) is 0 Å². The normalized spacial score (nSPS) is 11.3. The second kappa shape index (κ2) is 5.87. The quantitative estimate of drug-likeness (QED) is 0.770. The molecule has 0 aliphatic carbocycles. The SMILES string of the molecule is COC(=O)CCS(=O)(=O)Cc1cc(C(=O)O)oc1C. The van der Waals surface area contributed by atoms with E-state index in [1.165, 1.54) is 20.1 Å². The van der Waals surface area contributed by atoms with Crippen LogP contribution in [0.1, 0.15) is 28.3 Å². The summed E-state index contributed by atoms with van der Waals surface area (Å²) in [5.41, 5.74) is 0.280. The van der Waals surface area contributed by atoms with Gasteiger partial charge in [-0.25, -0.2) is 13.2 Å². The van der Waals surface area contributed by atoms with Gasteiger partial charge in [0, 0.05) is 5.56 Å². The minimum atomic E-state index is -3.53. The van der Waals surface area contributed by atoms with Crippen LogP contribution in [0.5, 0.6) is 0 Å². The third-order valence-electron chi connectivity index (χ3n) is 2.45. The molecule has 0 aromatic carbocycles. The summed E-state index contributed by atoms with van der Waals surface area (Å²) in [5, 5.41) is 8.72. The Morgan fingerprint density at radius 3 is 2.53 bits per heavy atom.